The van der Waals surface area contributed by atoms with Gasteiger partial charge in [-0.05, 0) is 19.1 Å². The van der Waals surface area contributed by atoms with Crippen LogP contribution in [-0.2, 0) is 0 Å². The Morgan fingerprint density at radius 1 is 1.11 bits per heavy atom. The summed E-state index contributed by atoms with van der Waals surface area (Å²) in [5.74, 6) is 0.538. The fourth-order valence-corrected chi connectivity index (χ4v) is 2.09. The molecule has 0 aromatic heterocycles. The SMILES string of the molecule is Cc1cccc([C@@H]2NC(=O)c3ccccc3O2)c1. The molecule has 90 valence electrons. The van der Waals surface area contributed by atoms with Crippen LogP contribution < -0.4 is 10.1 Å². The van der Waals surface area contributed by atoms with Gasteiger partial charge in [-0.2, -0.15) is 0 Å². The number of hydrogen-bond acceptors (Lipinski definition) is 2. The van der Waals surface area contributed by atoms with Crippen LogP contribution in [0.2, 0.25) is 0 Å². The lowest BCUT2D eigenvalue weighted by Gasteiger charge is -2.27. The van der Waals surface area contributed by atoms with E-state index in [9.17, 15) is 4.79 Å². The van der Waals surface area contributed by atoms with Crippen LogP contribution in [0.25, 0.3) is 0 Å². The summed E-state index contributed by atoms with van der Waals surface area (Å²) < 4.78 is 5.81. The smallest absolute Gasteiger partial charge is 0.258 e. The molecule has 1 atom stereocenters. The number of amides is 1. The molecule has 1 amide bonds. The van der Waals surface area contributed by atoms with Gasteiger partial charge in [0, 0.05) is 5.56 Å². The summed E-state index contributed by atoms with van der Waals surface area (Å²) in [6, 6.07) is 15.2. The maximum atomic E-state index is 12.0. The summed E-state index contributed by atoms with van der Waals surface area (Å²) in [6.45, 7) is 2.02. The van der Waals surface area contributed by atoms with Gasteiger partial charge in [0.05, 0.1) is 5.56 Å². The minimum absolute atomic E-state index is 0.0941. The number of para-hydroxylation sites is 1. The van der Waals surface area contributed by atoms with Crippen LogP contribution in [0.3, 0.4) is 0 Å². The zero-order valence-corrected chi connectivity index (χ0v) is 10.0. The number of aryl methyl sites for hydroxylation is 1. The Balaban J connectivity index is 1.97. The predicted molar refractivity (Wildman–Crippen MR) is 68.5 cm³/mol. The lowest BCUT2D eigenvalue weighted by Crippen LogP contribution is -2.36. The molecule has 0 unspecified atom stereocenters. The molecule has 1 aliphatic heterocycles. The zero-order valence-electron chi connectivity index (χ0n) is 10.0. The number of rotatable bonds is 1. The largest absolute Gasteiger partial charge is 0.466 e. The Morgan fingerprint density at radius 2 is 1.94 bits per heavy atom. The van der Waals surface area contributed by atoms with Crippen LogP contribution in [-0.4, -0.2) is 5.91 Å². The maximum Gasteiger partial charge on any atom is 0.258 e. The van der Waals surface area contributed by atoms with Crippen molar-refractivity contribution in [2.24, 2.45) is 0 Å². The molecule has 1 N–H and O–H groups in total. The third-order valence-electron chi connectivity index (χ3n) is 2.98. The molecule has 2 aromatic carbocycles. The van der Waals surface area contributed by atoms with Crippen molar-refractivity contribution < 1.29 is 9.53 Å². The Hall–Kier alpha value is -2.29. The van der Waals surface area contributed by atoms with E-state index in [1.54, 1.807) is 6.07 Å². The highest BCUT2D eigenvalue weighted by Gasteiger charge is 2.25. The normalized spacial score (nSPS) is 17.6. The third kappa shape index (κ3) is 1.84. The van der Waals surface area contributed by atoms with Gasteiger partial charge in [-0.3, -0.25) is 4.79 Å². The molecule has 0 saturated carbocycles. The molecule has 18 heavy (non-hydrogen) atoms. The van der Waals surface area contributed by atoms with Crippen LogP contribution >= 0.6 is 0 Å². The van der Waals surface area contributed by atoms with Crippen LogP contribution in [0.5, 0.6) is 5.75 Å². The lowest BCUT2D eigenvalue weighted by atomic mass is 10.1. The molecule has 3 heteroatoms. The van der Waals surface area contributed by atoms with E-state index in [0.29, 0.717) is 11.3 Å². The predicted octanol–water partition coefficient (Wildman–Crippen LogP) is 2.82. The van der Waals surface area contributed by atoms with Crippen molar-refractivity contribution in [3.63, 3.8) is 0 Å². The highest BCUT2D eigenvalue weighted by molar-refractivity contribution is 5.97. The second-order valence-electron chi connectivity index (χ2n) is 4.38. The molecular weight excluding hydrogens is 226 g/mol. The van der Waals surface area contributed by atoms with Crippen molar-refractivity contribution in [3.05, 3.63) is 65.2 Å². The van der Waals surface area contributed by atoms with E-state index < -0.39 is 6.23 Å². The first-order chi connectivity index (χ1) is 8.74. The van der Waals surface area contributed by atoms with E-state index in [1.807, 2.05) is 49.4 Å². The van der Waals surface area contributed by atoms with Crippen molar-refractivity contribution in [2.45, 2.75) is 13.2 Å². The van der Waals surface area contributed by atoms with Crippen molar-refractivity contribution >= 4 is 5.91 Å². The van der Waals surface area contributed by atoms with Crippen LogP contribution in [0.1, 0.15) is 27.7 Å². The van der Waals surface area contributed by atoms with Gasteiger partial charge in [0.15, 0.2) is 6.23 Å². The topological polar surface area (TPSA) is 38.3 Å². The quantitative estimate of drug-likeness (QED) is 0.831. The molecule has 0 spiro atoms. The number of fused-ring (bicyclic) bond motifs is 1. The number of carbonyl (C=O) groups excluding carboxylic acids is 1. The number of hydrogen-bond donors (Lipinski definition) is 1. The van der Waals surface area contributed by atoms with Gasteiger partial charge < -0.3 is 10.1 Å². The van der Waals surface area contributed by atoms with Crippen LogP contribution in [0.4, 0.5) is 0 Å². The van der Waals surface area contributed by atoms with Crippen LogP contribution in [0.15, 0.2) is 48.5 Å². The summed E-state index contributed by atoms with van der Waals surface area (Å²) in [6.07, 6.45) is -0.410. The minimum Gasteiger partial charge on any atom is -0.466 e. The van der Waals surface area contributed by atoms with Gasteiger partial charge in [-0.1, -0.05) is 42.0 Å². The van der Waals surface area contributed by atoms with Gasteiger partial charge in [0.1, 0.15) is 5.75 Å². The lowest BCUT2D eigenvalue weighted by molar-refractivity contribution is 0.0756. The summed E-state index contributed by atoms with van der Waals surface area (Å²) in [5, 5.41) is 2.85. The summed E-state index contributed by atoms with van der Waals surface area (Å²) in [4.78, 5) is 12.0. The summed E-state index contributed by atoms with van der Waals surface area (Å²) in [7, 11) is 0. The van der Waals surface area contributed by atoms with Gasteiger partial charge in [-0.25, -0.2) is 0 Å². The Bertz CT molecular complexity index is 607. The first-order valence-corrected chi connectivity index (χ1v) is 5.87. The molecule has 2 aromatic rings. The number of ether oxygens (including phenoxy) is 1. The van der Waals surface area contributed by atoms with Crippen molar-refractivity contribution in [3.8, 4) is 5.75 Å². The Labute approximate surface area is 105 Å². The van der Waals surface area contributed by atoms with Crippen molar-refractivity contribution in [2.75, 3.05) is 0 Å². The number of nitrogens with one attached hydrogen (secondary N) is 1. The molecule has 1 aliphatic rings. The molecule has 3 rings (SSSR count). The molecule has 0 aliphatic carbocycles. The first kappa shape index (κ1) is 10.8. The second-order valence-corrected chi connectivity index (χ2v) is 4.38. The minimum atomic E-state index is -0.410. The highest BCUT2D eigenvalue weighted by atomic mass is 16.5. The molecule has 0 bridgehead atoms. The molecular formula is C15H13NO2. The van der Waals surface area contributed by atoms with Gasteiger partial charge in [-0.15, -0.1) is 0 Å². The van der Waals surface area contributed by atoms with E-state index in [1.165, 1.54) is 0 Å². The Kier molecular flexibility index (Phi) is 2.52. The standard InChI is InChI=1S/C15H13NO2/c1-10-5-4-6-11(9-10)15-16-14(17)12-7-2-3-8-13(12)18-15/h2-9,15H,1H3,(H,16,17)/t15-/m1/s1. The average Bonchev–Trinajstić information content (AvgIpc) is 2.39. The van der Waals surface area contributed by atoms with E-state index in [4.69, 9.17) is 4.74 Å². The van der Waals surface area contributed by atoms with Crippen molar-refractivity contribution in [1.82, 2.24) is 5.32 Å². The highest BCUT2D eigenvalue weighted by Crippen LogP contribution is 2.28. The van der Waals surface area contributed by atoms with Crippen LogP contribution in [0, 0.1) is 6.92 Å². The molecule has 3 nitrogen and oxygen atoms in total. The summed E-state index contributed by atoms with van der Waals surface area (Å²) in [5.41, 5.74) is 2.68. The maximum absolute atomic E-state index is 12.0. The molecule has 0 fully saturated rings. The van der Waals surface area contributed by atoms with E-state index >= 15 is 0 Å². The second kappa shape index (κ2) is 4.18. The van der Waals surface area contributed by atoms with E-state index in [2.05, 4.69) is 5.32 Å². The molecule has 0 saturated heterocycles. The van der Waals surface area contributed by atoms with Gasteiger partial charge >= 0.3 is 0 Å². The third-order valence-corrected chi connectivity index (χ3v) is 2.98. The Morgan fingerprint density at radius 3 is 2.78 bits per heavy atom. The fraction of sp³-hybridized carbons (Fsp3) is 0.133. The average molecular weight is 239 g/mol. The van der Waals surface area contributed by atoms with Gasteiger partial charge in [0.25, 0.3) is 5.91 Å². The number of benzene rings is 2. The summed E-state index contributed by atoms with van der Waals surface area (Å²) >= 11 is 0. The van der Waals surface area contributed by atoms with Crippen molar-refractivity contribution in [1.29, 1.82) is 0 Å². The number of carbonyl (C=O) groups is 1. The monoisotopic (exact) mass is 239 g/mol. The van der Waals surface area contributed by atoms with E-state index in [-0.39, 0.29) is 5.91 Å². The fourth-order valence-electron chi connectivity index (χ4n) is 2.09. The van der Waals surface area contributed by atoms with E-state index in [0.717, 1.165) is 11.1 Å². The zero-order chi connectivity index (χ0) is 12.5. The molecule has 0 radical (unpaired) electrons. The first-order valence-electron chi connectivity index (χ1n) is 5.87. The van der Waals surface area contributed by atoms with Gasteiger partial charge in [0.2, 0.25) is 0 Å². The molecule has 1 heterocycles.